The van der Waals surface area contributed by atoms with E-state index in [2.05, 4.69) is 82.0 Å². The van der Waals surface area contributed by atoms with Gasteiger partial charge >= 0.3 is 0 Å². The number of nitrogens with zero attached hydrogens (tertiary/aromatic N) is 5. The number of unbranched alkanes of at least 4 members (excludes halogenated alkanes) is 6. The molecule has 2 aromatic heterocycles. The number of benzene rings is 3. The molecular weight excluding hydrogens is 777 g/mol. The van der Waals surface area contributed by atoms with Gasteiger partial charge < -0.3 is 31.5 Å². The predicted octanol–water partition coefficient (Wildman–Crippen LogP) is 6.34. The van der Waals surface area contributed by atoms with Crippen LogP contribution in [0.4, 0.5) is 5.82 Å². The molecule has 3 atom stereocenters. The van der Waals surface area contributed by atoms with E-state index in [1.807, 2.05) is 54.8 Å². The van der Waals surface area contributed by atoms with Crippen molar-refractivity contribution in [3.63, 3.8) is 0 Å². The van der Waals surface area contributed by atoms with Gasteiger partial charge in [-0.15, -0.1) is 0 Å². The molecule has 1 saturated heterocycles. The summed E-state index contributed by atoms with van der Waals surface area (Å²) in [5.41, 5.74) is 14.4. The second-order valence-corrected chi connectivity index (χ2v) is 17.3. The van der Waals surface area contributed by atoms with Crippen molar-refractivity contribution in [1.82, 2.24) is 30.1 Å². The number of nitrogens with one attached hydrogen (secondary N) is 2. The number of aryl methyl sites for hydroxylation is 2. The largest absolute Gasteiger partial charge is 0.395 e. The second kappa shape index (κ2) is 23.3. The first kappa shape index (κ1) is 46.4. The number of hydrogen-bond acceptors (Lipinski definition) is 9. The van der Waals surface area contributed by atoms with Gasteiger partial charge in [-0.25, -0.2) is 4.98 Å². The topological polar surface area (TPSA) is 161 Å². The molecule has 0 unspecified atom stereocenters. The number of rotatable bonds is 23. The quantitative estimate of drug-likeness (QED) is 0.0473. The molecule has 5 aromatic rings. The molecule has 0 saturated carbocycles. The van der Waals surface area contributed by atoms with Gasteiger partial charge in [0, 0.05) is 62.5 Å². The molecule has 0 radical (unpaired) electrons. The predicted molar refractivity (Wildman–Crippen MR) is 249 cm³/mol. The Labute approximate surface area is 367 Å². The van der Waals surface area contributed by atoms with Crippen LogP contribution in [0.15, 0.2) is 91.0 Å². The molecule has 6 N–H and O–H groups in total. The third-order valence-electron chi connectivity index (χ3n) is 11.9. The number of aromatic nitrogens is 3. The number of carbonyl (C=O) groups is 2. The number of nitrogens with two attached hydrogens (primary N) is 1. The smallest absolute Gasteiger partial charge is 0.251 e. The lowest BCUT2D eigenvalue weighted by molar-refractivity contribution is -0.135. The van der Waals surface area contributed by atoms with Crippen LogP contribution < -0.4 is 21.3 Å². The summed E-state index contributed by atoms with van der Waals surface area (Å²) >= 11 is 0. The van der Waals surface area contributed by atoms with Crippen molar-refractivity contribution >= 4 is 23.3 Å². The SMILES string of the molecule is Cc1nn2c(N3CCN(CCO)CC3)cc(-c3ccccc3)nc2c1-c1cccc(CCCCCCCCCNC(=O)[C@H](CC(C)C)NC(=O)[C@@H](O)[C@H](N)Cc2ccccc2)c1. The monoisotopic (exact) mass is 845 g/mol. The van der Waals surface area contributed by atoms with E-state index in [9.17, 15) is 19.8 Å². The van der Waals surface area contributed by atoms with Crippen LogP contribution in [0.2, 0.25) is 0 Å². The molecule has 1 aliphatic heterocycles. The van der Waals surface area contributed by atoms with Gasteiger partial charge in [-0.05, 0) is 61.6 Å². The maximum atomic E-state index is 13.1. The normalized spacial score (nSPS) is 14.9. The van der Waals surface area contributed by atoms with Gasteiger partial charge in [0.2, 0.25) is 5.91 Å². The number of carbonyl (C=O) groups excluding carboxylic acids is 2. The summed E-state index contributed by atoms with van der Waals surface area (Å²) in [6.45, 7) is 11.0. The van der Waals surface area contributed by atoms with Crippen molar-refractivity contribution in [2.75, 3.05) is 50.8 Å². The van der Waals surface area contributed by atoms with Crippen LogP contribution in [0.1, 0.15) is 82.0 Å². The zero-order valence-corrected chi connectivity index (χ0v) is 37.0. The number of aliphatic hydroxyl groups is 2. The van der Waals surface area contributed by atoms with Crippen molar-refractivity contribution in [3.05, 3.63) is 108 Å². The summed E-state index contributed by atoms with van der Waals surface area (Å²) in [7, 11) is 0. The molecule has 1 aliphatic rings. The zero-order chi connectivity index (χ0) is 43.8. The number of anilines is 1. The van der Waals surface area contributed by atoms with Gasteiger partial charge in [0.25, 0.3) is 5.91 Å². The average molecular weight is 845 g/mol. The Balaban J connectivity index is 0.951. The van der Waals surface area contributed by atoms with Crippen molar-refractivity contribution in [1.29, 1.82) is 0 Å². The molecule has 2 amide bonds. The van der Waals surface area contributed by atoms with E-state index in [1.165, 1.54) is 12.0 Å². The van der Waals surface area contributed by atoms with E-state index in [0.29, 0.717) is 25.9 Å². The van der Waals surface area contributed by atoms with Crippen molar-refractivity contribution < 1.29 is 19.8 Å². The fourth-order valence-corrected chi connectivity index (χ4v) is 8.48. The first-order chi connectivity index (χ1) is 30.1. The highest BCUT2D eigenvalue weighted by atomic mass is 16.3. The molecule has 0 aliphatic carbocycles. The molecule has 3 aromatic carbocycles. The third kappa shape index (κ3) is 12.9. The lowest BCUT2D eigenvalue weighted by Crippen LogP contribution is -2.54. The standard InChI is InChI=1S/C50H68N8O4/c1-36(2)32-44(54-50(62)47(60)42(51)34-39-19-12-9-13-20-39)49(61)52-25-16-8-6-4-5-7-11-18-38-21-17-24-41(33-38)46-37(3)55-58-45(57-28-26-56(27-29-57)30-31-59)35-43(53-48(46)58)40-22-14-10-15-23-40/h9-10,12-15,17,19-24,33,35-36,42,44,47,59-60H,4-8,11,16,18,25-32,34,51H2,1-3H3,(H,52,61)(H,54,62)/t42-,44+,47+/m1/s1. The highest BCUT2D eigenvalue weighted by Gasteiger charge is 2.29. The van der Waals surface area contributed by atoms with E-state index in [4.69, 9.17) is 15.8 Å². The highest BCUT2D eigenvalue weighted by Crippen LogP contribution is 2.33. The summed E-state index contributed by atoms with van der Waals surface area (Å²) in [6, 6.07) is 29.4. The van der Waals surface area contributed by atoms with Gasteiger partial charge in [-0.1, -0.05) is 131 Å². The third-order valence-corrected chi connectivity index (χ3v) is 11.9. The number of fused-ring (bicyclic) bond motifs is 1. The molecule has 6 rings (SSSR count). The van der Waals surface area contributed by atoms with Crippen molar-refractivity contribution in [2.45, 2.75) is 103 Å². The molecule has 12 heteroatoms. The van der Waals surface area contributed by atoms with Crippen LogP contribution >= 0.6 is 0 Å². The maximum Gasteiger partial charge on any atom is 0.251 e. The van der Waals surface area contributed by atoms with Gasteiger partial charge in [0.05, 0.1) is 18.0 Å². The summed E-state index contributed by atoms with van der Waals surface area (Å²) in [4.78, 5) is 35.9. The number of amides is 2. The molecule has 62 heavy (non-hydrogen) atoms. The molecule has 0 spiro atoms. The Bertz CT molecular complexity index is 2150. The van der Waals surface area contributed by atoms with E-state index < -0.39 is 24.1 Å². The van der Waals surface area contributed by atoms with E-state index >= 15 is 0 Å². The second-order valence-electron chi connectivity index (χ2n) is 17.3. The van der Waals surface area contributed by atoms with Crippen LogP contribution in [0.3, 0.4) is 0 Å². The molecular formula is C50H68N8O4. The summed E-state index contributed by atoms with van der Waals surface area (Å²) < 4.78 is 2.03. The molecule has 332 valence electrons. The number of β-amino-alcohol motifs (C(OH)–C–C–N with tert-alkyl or cyclic N) is 1. The van der Waals surface area contributed by atoms with Gasteiger partial charge in [-0.2, -0.15) is 9.61 Å². The lowest BCUT2D eigenvalue weighted by Gasteiger charge is -2.35. The van der Waals surface area contributed by atoms with Crippen molar-refractivity contribution in [3.8, 4) is 22.4 Å². The van der Waals surface area contributed by atoms with Crippen LogP contribution in [0.5, 0.6) is 0 Å². The van der Waals surface area contributed by atoms with Gasteiger partial charge in [0.1, 0.15) is 18.0 Å². The van der Waals surface area contributed by atoms with E-state index in [1.54, 1.807) is 0 Å². The Morgan fingerprint density at radius 2 is 1.44 bits per heavy atom. The first-order valence-corrected chi connectivity index (χ1v) is 22.8. The first-order valence-electron chi connectivity index (χ1n) is 22.8. The van der Waals surface area contributed by atoms with Crippen LogP contribution in [0.25, 0.3) is 28.0 Å². The maximum absolute atomic E-state index is 13.1. The molecule has 0 bridgehead atoms. The van der Waals surface area contributed by atoms with E-state index in [0.717, 1.165) is 116 Å². The fraction of sp³-hybridized carbons (Fsp3) is 0.480. The van der Waals surface area contributed by atoms with Gasteiger partial charge in [0.15, 0.2) is 5.65 Å². The highest BCUT2D eigenvalue weighted by molar-refractivity contribution is 5.89. The summed E-state index contributed by atoms with van der Waals surface area (Å²) in [5, 5.41) is 30.9. The minimum absolute atomic E-state index is 0.176. The fourth-order valence-electron chi connectivity index (χ4n) is 8.48. The summed E-state index contributed by atoms with van der Waals surface area (Å²) in [5.74, 6) is 0.387. The van der Waals surface area contributed by atoms with Crippen LogP contribution in [0, 0.1) is 12.8 Å². The Morgan fingerprint density at radius 3 is 2.13 bits per heavy atom. The number of aliphatic hydroxyl groups excluding tert-OH is 2. The number of piperazine rings is 1. The van der Waals surface area contributed by atoms with Crippen LogP contribution in [-0.4, -0.2) is 106 Å². The average Bonchev–Trinajstić information content (AvgIpc) is 3.62. The molecule has 12 nitrogen and oxygen atoms in total. The Morgan fingerprint density at radius 1 is 0.790 bits per heavy atom. The Kier molecular flexibility index (Phi) is 17.5. The molecule has 3 heterocycles. The number of hydrogen-bond donors (Lipinski definition) is 5. The molecule has 1 fully saturated rings. The van der Waals surface area contributed by atoms with E-state index in [-0.39, 0.29) is 18.4 Å². The van der Waals surface area contributed by atoms with Crippen molar-refractivity contribution in [2.24, 2.45) is 11.7 Å². The Hall–Kier alpha value is -5.14. The minimum atomic E-state index is -1.41. The summed E-state index contributed by atoms with van der Waals surface area (Å²) in [6.07, 6.45) is 8.03. The van der Waals surface area contributed by atoms with Gasteiger partial charge in [-0.3, -0.25) is 14.5 Å². The van der Waals surface area contributed by atoms with Crippen LogP contribution in [-0.2, 0) is 22.4 Å². The zero-order valence-electron chi connectivity index (χ0n) is 37.0. The minimum Gasteiger partial charge on any atom is -0.395 e. The lowest BCUT2D eigenvalue weighted by atomic mass is 9.99.